The zero-order valence-corrected chi connectivity index (χ0v) is 11.5. The van der Waals surface area contributed by atoms with E-state index in [9.17, 15) is 0 Å². The van der Waals surface area contributed by atoms with Gasteiger partial charge in [-0.25, -0.2) is 14.6 Å². The third kappa shape index (κ3) is 2.23. The Morgan fingerprint density at radius 1 is 1.19 bits per heavy atom. The van der Waals surface area contributed by atoms with Gasteiger partial charge >= 0.3 is 0 Å². The molecule has 0 atom stereocenters. The third-order valence-electron chi connectivity index (χ3n) is 2.35. The van der Waals surface area contributed by atoms with Gasteiger partial charge < -0.3 is 0 Å². The molecule has 2 aromatic rings. The summed E-state index contributed by atoms with van der Waals surface area (Å²) in [4.78, 5) is 8.57. The highest BCUT2D eigenvalue weighted by Crippen LogP contribution is 2.11. The Labute approximate surface area is 108 Å². The predicted octanol–water partition coefficient (Wildman–Crippen LogP) is 2.39. The highest BCUT2D eigenvalue weighted by molar-refractivity contribution is 14.1. The number of hydrogen-bond donors (Lipinski definition) is 0. The van der Waals surface area contributed by atoms with Crippen molar-refractivity contribution in [1.82, 2.24) is 19.7 Å². The van der Waals surface area contributed by atoms with Crippen LogP contribution in [-0.4, -0.2) is 19.7 Å². The van der Waals surface area contributed by atoms with Crippen LogP contribution in [0, 0.1) is 3.57 Å². The van der Waals surface area contributed by atoms with Gasteiger partial charge in [-0.15, -0.1) is 0 Å². The van der Waals surface area contributed by atoms with Gasteiger partial charge in [0.1, 0.15) is 0 Å². The standard InChI is InChI=1S/C11H13IN4/c1-3-9-5-10(4-2)16(15-9)11-13-6-8(12)7-14-11/h5-7H,3-4H2,1-2H3. The van der Waals surface area contributed by atoms with Crippen LogP contribution in [0.25, 0.3) is 5.95 Å². The molecule has 0 amide bonds. The topological polar surface area (TPSA) is 43.6 Å². The molecule has 2 rings (SSSR count). The maximum atomic E-state index is 4.49. The molecule has 0 fully saturated rings. The van der Waals surface area contributed by atoms with E-state index in [1.54, 1.807) is 12.4 Å². The largest absolute Gasteiger partial charge is 0.250 e. The SMILES string of the molecule is CCc1cc(CC)n(-c2ncc(I)cn2)n1. The fourth-order valence-electron chi connectivity index (χ4n) is 1.49. The summed E-state index contributed by atoms with van der Waals surface area (Å²) in [5.41, 5.74) is 2.23. The summed E-state index contributed by atoms with van der Waals surface area (Å²) >= 11 is 2.19. The smallest absolute Gasteiger partial charge is 0.219 e. The number of halogens is 1. The summed E-state index contributed by atoms with van der Waals surface area (Å²) in [6.45, 7) is 4.21. The van der Waals surface area contributed by atoms with E-state index in [1.807, 2.05) is 4.68 Å². The lowest BCUT2D eigenvalue weighted by atomic mass is 10.3. The molecule has 0 saturated carbocycles. The number of aryl methyl sites for hydroxylation is 2. The molecule has 5 heteroatoms. The van der Waals surface area contributed by atoms with Crippen molar-refractivity contribution >= 4 is 22.6 Å². The third-order valence-corrected chi connectivity index (χ3v) is 2.91. The minimum absolute atomic E-state index is 0.650. The lowest BCUT2D eigenvalue weighted by molar-refractivity contribution is 0.745. The van der Waals surface area contributed by atoms with Crippen molar-refractivity contribution in [3.05, 3.63) is 33.4 Å². The van der Waals surface area contributed by atoms with E-state index in [2.05, 4.69) is 57.6 Å². The number of nitrogens with zero attached hydrogens (tertiary/aromatic N) is 4. The van der Waals surface area contributed by atoms with Gasteiger partial charge in [0, 0.05) is 21.7 Å². The first-order valence-electron chi connectivity index (χ1n) is 5.30. The number of hydrogen-bond acceptors (Lipinski definition) is 3. The normalized spacial score (nSPS) is 10.7. The zero-order valence-electron chi connectivity index (χ0n) is 9.31. The van der Waals surface area contributed by atoms with Gasteiger partial charge in [0.15, 0.2) is 0 Å². The van der Waals surface area contributed by atoms with Crippen molar-refractivity contribution < 1.29 is 0 Å². The predicted molar refractivity (Wildman–Crippen MR) is 70.6 cm³/mol. The van der Waals surface area contributed by atoms with Crippen molar-refractivity contribution in [2.75, 3.05) is 0 Å². The lowest BCUT2D eigenvalue weighted by Gasteiger charge is -2.02. The molecule has 0 radical (unpaired) electrons. The van der Waals surface area contributed by atoms with Crippen LogP contribution in [0.15, 0.2) is 18.5 Å². The molecular weight excluding hydrogens is 315 g/mol. The highest BCUT2D eigenvalue weighted by atomic mass is 127. The fraction of sp³-hybridized carbons (Fsp3) is 0.364. The summed E-state index contributed by atoms with van der Waals surface area (Å²) in [6.07, 6.45) is 5.47. The molecule has 0 unspecified atom stereocenters. The second kappa shape index (κ2) is 4.90. The molecule has 0 aliphatic heterocycles. The molecule has 0 spiro atoms. The molecule has 0 aliphatic rings. The monoisotopic (exact) mass is 328 g/mol. The number of rotatable bonds is 3. The van der Waals surface area contributed by atoms with Crippen LogP contribution in [0.4, 0.5) is 0 Å². The van der Waals surface area contributed by atoms with E-state index in [1.165, 1.54) is 0 Å². The Morgan fingerprint density at radius 2 is 1.88 bits per heavy atom. The molecule has 16 heavy (non-hydrogen) atoms. The fourth-order valence-corrected chi connectivity index (χ4v) is 1.77. The van der Waals surface area contributed by atoms with Gasteiger partial charge in [-0.2, -0.15) is 5.10 Å². The van der Waals surface area contributed by atoms with Crippen LogP contribution < -0.4 is 0 Å². The maximum absolute atomic E-state index is 4.49. The van der Waals surface area contributed by atoms with Crippen molar-refractivity contribution in [1.29, 1.82) is 0 Å². The molecule has 2 aromatic heterocycles. The molecule has 0 aliphatic carbocycles. The van der Waals surface area contributed by atoms with Gasteiger partial charge in [0.2, 0.25) is 0 Å². The summed E-state index contributed by atoms with van der Waals surface area (Å²) in [5, 5.41) is 4.49. The zero-order chi connectivity index (χ0) is 11.5. The van der Waals surface area contributed by atoms with E-state index in [0.29, 0.717) is 5.95 Å². The summed E-state index contributed by atoms with van der Waals surface area (Å²) in [5.74, 6) is 0.650. The van der Waals surface area contributed by atoms with E-state index in [4.69, 9.17) is 0 Å². The van der Waals surface area contributed by atoms with E-state index in [-0.39, 0.29) is 0 Å². The summed E-state index contributed by atoms with van der Waals surface area (Å²) in [6, 6.07) is 2.11. The van der Waals surface area contributed by atoms with Crippen LogP contribution in [-0.2, 0) is 12.8 Å². The average Bonchev–Trinajstić information content (AvgIpc) is 2.73. The molecular formula is C11H13IN4. The Balaban J connectivity index is 2.45. The quantitative estimate of drug-likeness (QED) is 0.813. The molecule has 0 N–H and O–H groups in total. The Kier molecular flexibility index (Phi) is 3.52. The van der Waals surface area contributed by atoms with Gasteiger partial charge in [0.25, 0.3) is 5.95 Å². The molecule has 84 valence electrons. The van der Waals surface area contributed by atoms with Crippen LogP contribution in [0.1, 0.15) is 25.2 Å². The van der Waals surface area contributed by atoms with Gasteiger partial charge in [-0.3, -0.25) is 0 Å². The van der Waals surface area contributed by atoms with E-state index >= 15 is 0 Å². The molecule has 0 bridgehead atoms. The minimum atomic E-state index is 0.650. The van der Waals surface area contributed by atoms with Crippen molar-refractivity contribution in [3.63, 3.8) is 0 Å². The van der Waals surface area contributed by atoms with E-state index < -0.39 is 0 Å². The first-order valence-corrected chi connectivity index (χ1v) is 6.38. The van der Waals surface area contributed by atoms with Crippen LogP contribution in [0.5, 0.6) is 0 Å². The summed E-state index contributed by atoms with van der Waals surface area (Å²) in [7, 11) is 0. The van der Waals surface area contributed by atoms with Crippen LogP contribution in [0.2, 0.25) is 0 Å². The molecule has 0 saturated heterocycles. The first-order chi connectivity index (χ1) is 7.74. The van der Waals surface area contributed by atoms with Gasteiger partial charge in [0.05, 0.1) is 5.69 Å². The maximum Gasteiger partial charge on any atom is 0.250 e. The average molecular weight is 328 g/mol. The van der Waals surface area contributed by atoms with Gasteiger partial charge in [-0.05, 0) is 41.5 Å². The highest BCUT2D eigenvalue weighted by Gasteiger charge is 2.08. The van der Waals surface area contributed by atoms with E-state index in [0.717, 1.165) is 27.8 Å². The second-order valence-corrected chi connectivity index (χ2v) is 4.69. The van der Waals surface area contributed by atoms with Crippen LogP contribution >= 0.6 is 22.6 Å². The van der Waals surface area contributed by atoms with Crippen molar-refractivity contribution in [2.24, 2.45) is 0 Å². The minimum Gasteiger partial charge on any atom is -0.219 e. The van der Waals surface area contributed by atoms with Crippen molar-refractivity contribution in [3.8, 4) is 5.95 Å². The Morgan fingerprint density at radius 3 is 2.44 bits per heavy atom. The summed E-state index contributed by atoms with van der Waals surface area (Å²) < 4.78 is 2.86. The first kappa shape index (κ1) is 11.5. The van der Waals surface area contributed by atoms with Crippen LogP contribution in [0.3, 0.4) is 0 Å². The Bertz CT molecular complexity index is 475. The van der Waals surface area contributed by atoms with Crippen molar-refractivity contribution in [2.45, 2.75) is 26.7 Å². The lowest BCUT2D eigenvalue weighted by Crippen LogP contribution is -2.06. The Hall–Kier alpha value is -0.980. The molecule has 4 nitrogen and oxygen atoms in total. The molecule has 0 aromatic carbocycles. The molecule has 2 heterocycles. The van der Waals surface area contributed by atoms with Gasteiger partial charge in [-0.1, -0.05) is 13.8 Å². The number of aromatic nitrogens is 4. The second-order valence-electron chi connectivity index (χ2n) is 3.45.